The Kier molecular flexibility index (Phi) is 6.79. The van der Waals surface area contributed by atoms with Crippen LogP contribution in [0.3, 0.4) is 0 Å². The lowest BCUT2D eigenvalue weighted by Crippen LogP contribution is -2.20. The number of carbonyl (C=O) groups excluding carboxylic acids is 2. The van der Waals surface area contributed by atoms with Crippen molar-refractivity contribution in [2.45, 2.75) is 12.6 Å². The van der Waals surface area contributed by atoms with Crippen molar-refractivity contribution in [3.8, 4) is 16.9 Å². The summed E-state index contributed by atoms with van der Waals surface area (Å²) in [6.07, 6.45) is -3.65. The number of halogens is 5. The molecule has 2 N–H and O–H groups in total. The zero-order valence-corrected chi connectivity index (χ0v) is 19.4. The Morgan fingerprint density at radius 2 is 1.70 bits per heavy atom. The molecule has 13 heteroatoms. The van der Waals surface area contributed by atoms with Crippen molar-refractivity contribution in [2.75, 3.05) is 12.4 Å². The summed E-state index contributed by atoms with van der Waals surface area (Å²) in [4.78, 5) is 24.9. The Bertz CT molecular complexity index is 1470. The molecule has 0 spiro atoms. The molecule has 0 unspecified atom stereocenters. The molecule has 0 saturated carbocycles. The van der Waals surface area contributed by atoms with Gasteiger partial charge in [-0.2, -0.15) is 23.4 Å². The minimum atomic E-state index is -4.90. The molecule has 192 valence electrons. The molecule has 0 fully saturated rings. The molecule has 0 aliphatic rings. The van der Waals surface area contributed by atoms with E-state index in [2.05, 4.69) is 20.8 Å². The van der Waals surface area contributed by atoms with Crippen molar-refractivity contribution >= 4 is 17.6 Å². The molecule has 4 rings (SSSR count). The van der Waals surface area contributed by atoms with E-state index in [4.69, 9.17) is 0 Å². The molecular formula is C24H19F5N6O2. The van der Waals surface area contributed by atoms with Gasteiger partial charge in [-0.3, -0.25) is 14.3 Å². The first-order chi connectivity index (χ1) is 17.5. The molecule has 0 atom stereocenters. The lowest BCUT2D eigenvalue weighted by Gasteiger charge is -2.15. The maximum absolute atomic E-state index is 14.8. The maximum Gasteiger partial charge on any atom is 0.417 e. The summed E-state index contributed by atoms with van der Waals surface area (Å²) in [6, 6.07) is 8.69. The third kappa shape index (κ3) is 5.50. The highest BCUT2D eigenvalue weighted by Gasteiger charge is 2.36. The highest BCUT2D eigenvalue weighted by Crippen LogP contribution is 2.38. The van der Waals surface area contributed by atoms with Gasteiger partial charge >= 0.3 is 6.18 Å². The van der Waals surface area contributed by atoms with Crippen LogP contribution in [-0.4, -0.2) is 38.4 Å². The van der Waals surface area contributed by atoms with E-state index in [1.54, 1.807) is 0 Å². The second kappa shape index (κ2) is 9.84. The number of likely N-dealkylation sites (N-methyl/N-ethyl adjacent to an activating group) is 1. The van der Waals surface area contributed by atoms with E-state index in [1.165, 1.54) is 53.9 Å². The van der Waals surface area contributed by atoms with Gasteiger partial charge in [-0.15, -0.1) is 0 Å². The van der Waals surface area contributed by atoms with Crippen molar-refractivity contribution in [2.24, 2.45) is 7.05 Å². The number of carbonyl (C=O) groups is 2. The van der Waals surface area contributed by atoms with Gasteiger partial charge in [0.05, 0.1) is 34.6 Å². The monoisotopic (exact) mass is 518 g/mol. The standard InChI is InChI=1S/C24H19F5N6O2/c1-30-22(36)10-14-9-21(35(32-14)15-5-3-13(25)4-6-15)31-23(37)17-11-16(20-7-8-34(2)33-20)18(12-19(17)26)24(27,28)29/h3-9,11-12H,10H2,1-2H3,(H,30,36)(H,31,37). The fraction of sp³-hybridized carbons (Fsp3) is 0.167. The van der Waals surface area contributed by atoms with Crippen LogP contribution in [0.25, 0.3) is 16.9 Å². The molecular weight excluding hydrogens is 499 g/mol. The summed E-state index contributed by atoms with van der Waals surface area (Å²) < 4.78 is 71.6. The number of anilines is 1. The van der Waals surface area contributed by atoms with Gasteiger partial charge in [0.1, 0.15) is 17.5 Å². The van der Waals surface area contributed by atoms with E-state index in [-0.39, 0.29) is 35.6 Å². The average molecular weight is 518 g/mol. The zero-order chi connectivity index (χ0) is 26.9. The third-order valence-corrected chi connectivity index (χ3v) is 5.34. The molecule has 37 heavy (non-hydrogen) atoms. The van der Waals surface area contributed by atoms with Crippen LogP contribution in [-0.2, 0) is 24.4 Å². The van der Waals surface area contributed by atoms with Crippen molar-refractivity contribution in [3.63, 3.8) is 0 Å². The molecule has 2 amide bonds. The lowest BCUT2D eigenvalue weighted by atomic mass is 9.99. The van der Waals surface area contributed by atoms with E-state index in [1.807, 2.05) is 0 Å². The Morgan fingerprint density at radius 3 is 2.30 bits per heavy atom. The van der Waals surface area contributed by atoms with E-state index in [0.29, 0.717) is 5.69 Å². The van der Waals surface area contributed by atoms with Crippen molar-refractivity contribution < 1.29 is 31.5 Å². The number of benzene rings is 2. The van der Waals surface area contributed by atoms with Crippen molar-refractivity contribution in [3.05, 3.63) is 83.2 Å². The van der Waals surface area contributed by atoms with Crippen LogP contribution >= 0.6 is 0 Å². The Labute approximate surface area is 206 Å². The SMILES string of the molecule is CNC(=O)Cc1cc(NC(=O)c2cc(-c3ccn(C)n3)c(C(F)(F)F)cc2F)n(-c2ccc(F)cc2)n1. The van der Waals surface area contributed by atoms with Crippen molar-refractivity contribution in [1.82, 2.24) is 24.9 Å². The quantitative estimate of drug-likeness (QED) is 0.376. The van der Waals surface area contributed by atoms with Gasteiger partial charge in [-0.05, 0) is 42.5 Å². The third-order valence-electron chi connectivity index (χ3n) is 5.34. The van der Waals surface area contributed by atoms with Gasteiger partial charge in [0.15, 0.2) is 0 Å². The number of nitrogens with zero attached hydrogens (tertiary/aromatic N) is 4. The predicted molar refractivity (Wildman–Crippen MR) is 123 cm³/mol. The molecule has 0 bridgehead atoms. The topological polar surface area (TPSA) is 93.8 Å². The number of amides is 2. The molecule has 0 aliphatic heterocycles. The fourth-order valence-corrected chi connectivity index (χ4v) is 3.57. The lowest BCUT2D eigenvalue weighted by molar-refractivity contribution is -0.137. The molecule has 2 aromatic heterocycles. The van der Waals surface area contributed by atoms with Gasteiger partial charge < -0.3 is 10.6 Å². The zero-order valence-electron chi connectivity index (χ0n) is 19.4. The van der Waals surface area contributed by atoms with Crippen LogP contribution in [0, 0.1) is 11.6 Å². The summed E-state index contributed by atoms with van der Waals surface area (Å²) >= 11 is 0. The largest absolute Gasteiger partial charge is 0.417 e. The van der Waals surface area contributed by atoms with Crippen LogP contribution in [0.1, 0.15) is 21.6 Å². The molecule has 0 saturated heterocycles. The van der Waals surface area contributed by atoms with Gasteiger partial charge in [0, 0.05) is 31.9 Å². The van der Waals surface area contributed by atoms with Crippen LogP contribution in [0.4, 0.5) is 27.8 Å². The second-order valence-corrected chi connectivity index (χ2v) is 7.96. The Hall–Kier alpha value is -4.55. The van der Waals surface area contributed by atoms with Crippen LogP contribution in [0.2, 0.25) is 0 Å². The number of aryl methyl sites for hydroxylation is 1. The summed E-state index contributed by atoms with van der Waals surface area (Å²) in [7, 11) is 2.93. The number of hydrogen-bond acceptors (Lipinski definition) is 4. The summed E-state index contributed by atoms with van der Waals surface area (Å²) in [5, 5.41) is 13.0. The van der Waals surface area contributed by atoms with Crippen LogP contribution in [0.5, 0.6) is 0 Å². The second-order valence-electron chi connectivity index (χ2n) is 7.96. The first-order valence-electron chi connectivity index (χ1n) is 10.7. The molecule has 4 aromatic rings. The first kappa shape index (κ1) is 25.5. The Balaban J connectivity index is 1.76. The van der Waals surface area contributed by atoms with E-state index < -0.39 is 40.4 Å². The van der Waals surface area contributed by atoms with Gasteiger partial charge in [0.25, 0.3) is 5.91 Å². The fourth-order valence-electron chi connectivity index (χ4n) is 3.57. The van der Waals surface area contributed by atoms with E-state index >= 15 is 0 Å². The highest BCUT2D eigenvalue weighted by molar-refractivity contribution is 6.05. The minimum Gasteiger partial charge on any atom is -0.359 e. The first-order valence-corrected chi connectivity index (χ1v) is 10.7. The number of rotatable bonds is 6. The number of hydrogen-bond donors (Lipinski definition) is 2. The summed E-state index contributed by atoms with van der Waals surface area (Å²) in [5.41, 5.74) is -2.01. The highest BCUT2D eigenvalue weighted by atomic mass is 19.4. The number of alkyl halides is 3. The van der Waals surface area contributed by atoms with Gasteiger partial charge in [0.2, 0.25) is 5.91 Å². The van der Waals surface area contributed by atoms with Gasteiger partial charge in [-0.25, -0.2) is 13.5 Å². The van der Waals surface area contributed by atoms with E-state index in [0.717, 1.165) is 18.2 Å². The normalized spacial score (nSPS) is 11.4. The van der Waals surface area contributed by atoms with Gasteiger partial charge in [-0.1, -0.05) is 0 Å². The Morgan fingerprint density at radius 1 is 1.00 bits per heavy atom. The molecule has 8 nitrogen and oxygen atoms in total. The summed E-state index contributed by atoms with van der Waals surface area (Å²) in [6.45, 7) is 0. The average Bonchev–Trinajstić information content (AvgIpc) is 3.44. The molecule has 2 aromatic carbocycles. The molecule has 0 radical (unpaired) electrons. The predicted octanol–water partition coefficient (Wildman–Crippen LogP) is 4.11. The molecule has 2 heterocycles. The molecule has 0 aliphatic carbocycles. The summed E-state index contributed by atoms with van der Waals surface area (Å²) in [5.74, 6) is -3.40. The van der Waals surface area contributed by atoms with Crippen LogP contribution < -0.4 is 10.6 Å². The smallest absolute Gasteiger partial charge is 0.359 e. The number of nitrogens with one attached hydrogen (secondary N) is 2. The maximum atomic E-state index is 14.8. The van der Waals surface area contributed by atoms with Crippen molar-refractivity contribution in [1.29, 1.82) is 0 Å². The van der Waals surface area contributed by atoms with Crippen LogP contribution in [0.15, 0.2) is 54.7 Å². The minimum absolute atomic E-state index is 0.0193. The number of aromatic nitrogens is 4. The van der Waals surface area contributed by atoms with E-state index in [9.17, 15) is 31.5 Å².